The summed E-state index contributed by atoms with van der Waals surface area (Å²) in [7, 11) is 1.99. The Hall–Kier alpha value is -2.25. The molecular weight excluding hydrogens is 266 g/mol. The van der Waals surface area contributed by atoms with Crippen LogP contribution in [0.15, 0.2) is 47.4 Å². The number of aryl methyl sites for hydroxylation is 1. The number of imidazole rings is 1. The van der Waals surface area contributed by atoms with Gasteiger partial charge < -0.3 is 4.57 Å². The lowest BCUT2D eigenvalue weighted by Gasteiger charge is -2.07. The molecular formula is C16H13N3S. The van der Waals surface area contributed by atoms with Crippen molar-refractivity contribution >= 4 is 22.8 Å². The second-order valence-corrected chi connectivity index (χ2v) is 5.36. The number of rotatable bonds is 2. The number of aromatic nitrogens is 2. The highest BCUT2D eigenvalue weighted by molar-refractivity contribution is 7.98. The number of hydrogen-bond acceptors (Lipinski definition) is 3. The van der Waals surface area contributed by atoms with Crippen LogP contribution >= 0.6 is 11.8 Å². The second-order valence-electron chi connectivity index (χ2n) is 4.51. The molecule has 0 N–H and O–H groups in total. The van der Waals surface area contributed by atoms with Crippen molar-refractivity contribution in [3.05, 3.63) is 48.0 Å². The highest BCUT2D eigenvalue weighted by Gasteiger charge is 2.13. The van der Waals surface area contributed by atoms with Crippen LogP contribution in [0, 0.1) is 11.3 Å². The van der Waals surface area contributed by atoms with Crippen LogP contribution < -0.4 is 0 Å². The first-order chi connectivity index (χ1) is 9.74. The van der Waals surface area contributed by atoms with E-state index in [0.29, 0.717) is 5.56 Å². The molecule has 0 spiro atoms. The fourth-order valence-electron chi connectivity index (χ4n) is 2.33. The molecule has 0 aliphatic rings. The van der Waals surface area contributed by atoms with Crippen LogP contribution in [-0.2, 0) is 7.05 Å². The molecule has 0 aliphatic heterocycles. The van der Waals surface area contributed by atoms with Gasteiger partial charge in [-0.05, 0) is 30.5 Å². The molecule has 20 heavy (non-hydrogen) atoms. The zero-order valence-electron chi connectivity index (χ0n) is 11.3. The number of nitriles is 1. The van der Waals surface area contributed by atoms with Crippen LogP contribution in [-0.4, -0.2) is 15.8 Å². The van der Waals surface area contributed by atoms with Crippen molar-refractivity contribution in [2.75, 3.05) is 6.26 Å². The molecule has 2 aromatic carbocycles. The van der Waals surface area contributed by atoms with Gasteiger partial charge in [0.05, 0.1) is 22.7 Å². The summed E-state index contributed by atoms with van der Waals surface area (Å²) in [5.41, 5.74) is 3.68. The Balaban J connectivity index is 2.27. The van der Waals surface area contributed by atoms with E-state index < -0.39 is 0 Å². The monoisotopic (exact) mass is 279 g/mol. The van der Waals surface area contributed by atoms with Gasteiger partial charge in [-0.15, -0.1) is 11.8 Å². The fraction of sp³-hybridized carbons (Fsp3) is 0.125. The van der Waals surface area contributed by atoms with Gasteiger partial charge in [0.15, 0.2) is 0 Å². The minimum absolute atomic E-state index is 0.658. The Bertz CT molecular complexity index is 827. The van der Waals surface area contributed by atoms with Gasteiger partial charge in [0, 0.05) is 17.5 Å². The second kappa shape index (κ2) is 5.03. The molecule has 4 heteroatoms. The van der Waals surface area contributed by atoms with Gasteiger partial charge in [0.2, 0.25) is 0 Å². The molecule has 0 amide bonds. The molecule has 3 nitrogen and oxygen atoms in total. The minimum Gasteiger partial charge on any atom is -0.327 e. The van der Waals surface area contributed by atoms with E-state index in [2.05, 4.69) is 24.5 Å². The summed E-state index contributed by atoms with van der Waals surface area (Å²) in [5.74, 6) is 0.931. The molecule has 98 valence electrons. The normalized spacial score (nSPS) is 10.7. The standard InChI is InChI=1S/C16H13N3S/c1-19-14-9-11(10-17)7-8-13(14)18-16(19)12-5-3-4-6-15(12)20-2/h3-9H,1-2H3. The van der Waals surface area contributed by atoms with Gasteiger partial charge in [0.1, 0.15) is 5.82 Å². The Morgan fingerprint density at radius 1 is 1.20 bits per heavy atom. The van der Waals surface area contributed by atoms with Crippen LogP contribution in [0.3, 0.4) is 0 Å². The van der Waals surface area contributed by atoms with Crippen LogP contribution in [0.5, 0.6) is 0 Å². The largest absolute Gasteiger partial charge is 0.327 e. The summed E-state index contributed by atoms with van der Waals surface area (Å²) in [6, 6.07) is 16.0. The first-order valence-electron chi connectivity index (χ1n) is 6.24. The number of fused-ring (bicyclic) bond motifs is 1. The number of hydrogen-bond donors (Lipinski definition) is 0. The molecule has 0 radical (unpaired) electrons. The highest BCUT2D eigenvalue weighted by atomic mass is 32.2. The van der Waals surface area contributed by atoms with E-state index in [1.54, 1.807) is 17.8 Å². The third kappa shape index (κ3) is 1.97. The molecule has 0 unspecified atom stereocenters. The smallest absolute Gasteiger partial charge is 0.141 e. The van der Waals surface area contributed by atoms with Gasteiger partial charge in [-0.25, -0.2) is 4.98 Å². The Kier molecular flexibility index (Phi) is 3.21. The summed E-state index contributed by atoms with van der Waals surface area (Å²) in [6.45, 7) is 0. The van der Waals surface area contributed by atoms with Crippen LogP contribution in [0.2, 0.25) is 0 Å². The van der Waals surface area contributed by atoms with Gasteiger partial charge >= 0.3 is 0 Å². The van der Waals surface area contributed by atoms with E-state index in [0.717, 1.165) is 22.4 Å². The molecule has 0 atom stereocenters. The lowest BCUT2D eigenvalue weighted by atomic mass is 10.2. The Morgan fingerprint density at radius 3 is 2.75 bits per heavy atom. The topological polar surface area (TPSA) is 41.6 Å². The number of nitrogens with zero attached hydrogens (tertiary/aromatic N) is 3. The third-order valence-electron chi connectivity index (χ3n) is 3.36. The van der Waals surface area contributed by atoms with Gasteiger partial charge in [-0.1, -0.05) is 18.2 Å². The molecule has 0 fully saturated rings. The van der Waals surface area contributed by atoms with Crippen LogP contribution in [0.1, 0.15) is 5.56 Å². The lowest BCUT2D eigenvalue weighted by molar-refractivity contribution is 0.954. The molecule has 0 saturated heterocycles. The molecule has 0 bridgehead atoms. The number of thioether (sulfide) groups is 1. The molecule has 0 saturated carbocycles. The van der Waals surface area contributed by atoms with E-state index in [9.17, 15) is 0 Å². The Morgan fingerprint density at radius 2 is 2.00 bits per heavy atom. The van der Waals surface area contributed by atoms with Gasteiger partial charge in [-0.3, -0.25) is 0 Å². The average Bonchev–Trinajstić information content (AvgIpc) is 2.83. The maximum Gasteiger partial charge on any atom is 0.141 e. The molecule has 3 aromatic rings. The third-order valence-corrected chi connectivity index (χ3v) is 4.15. The van der Waals surface area contributed by atoms with E-state index in [4.69, 9.17) is 10.2 Å². The predicted octanol–water partition coefficient (Wildman–Crippen LogP) is 3.83. The predicted molar refractivity (Wildman–Crippen MR) is 82.6 cm³/mol. The van der Waals surface area contributed by atoms with Crippen molar-refractivity contribution in [2.45, 2.75) is 4.90 Å². The first-order valence-corrected chi connectivity index (χ1v) is 7.47. The molecule has 1 aromatic heterocycles. The summed E-state index contributed by atoms with van der Waals surface area (Å²) in [4.78, 5) is 5.91. The first kappa shape index (κ1) is 12.8. The highest BCUT2D eigenvalue weighted by Crippen LogP contribution is 2.31. The SMILES string of the molecule is CSc1ccccc1-c1nc2ccc(C#N)cc2n1C. The van der Waals surface area contributed by atoms with E-state index in [1.165, 1.54) is 4.90 Å². The van der Waals surface area contributed by atoms with E-state index in [-0.39, 0.29) is 0 Å². The van der Waals surface area contributed by atoms with Crippen molar-refractivity contribution in [3.8, 4) is 17.5 Å². The summed E-state index contributed by atoms with van der Waals surface area (Å²) < 4.78 is 2.05. The molecule has 3 rings (SSSR count). The maximum absolute atomic E-state index is 9.01. The number of benzene rings is 2. The summed E-state index contributed by atoms with van der Waals surface area (Å²) in [6.07, 6.45) is 2.06. The van der Waals surface area contributed by atoms with Crippen LogP contribution in [0.25, 0.3) is 22.4 Å². The van der Waals surface area contributed by atoms with Crippen molar-refractivity contribution in [1.82, 2.24) is 9.55 Å². The molecule has 1 heterocycles. The van der Waals surface area contributed by atoms with E-state index >= 15 is 0 Å². The minimum atomic E-state index is 0.658. The van der Waals surface area contributed by atoms with Crippen LogP contribution in [0.4, 0.5) is 0 Å². The zero-order valence-corrected chi connectivity index (χ0v) is 12.1. The quantitative estimate of drug-likeness (QED) is 0.669. The zero-order chi connectivity index (χ0) is 14.1. The van der Waals surface area contributed by atoms with Gasteiger partial charge in [-0.2, -0.15) is 5.26 Å². The van der Waals surface area contributed by atoms with Crippen molar-refractivity contribution < 1.29 is 0 Å². The van der Waals surface area contributed by atoms with Gasteiger partial charge in [0.25, 0.3) is 0 Å². The summed E-state index contributed by atoms with van der Waals surface area (Å²) in [5, 5.41) is 9.01. The molecule has 0 aliphatic carbocycles. The maximum atomic E-state index is 9.01. The van der Waals surface area contributed by atoms with Crippen molar-refractivity contribution in [3.63, 3.8) is 0 Å². The summed E-state index contributed by atoms with van der Waals surface area (Å²) >= 11 is 1.71. The van der Waals surface area contributed by atoms with E-state index in [1.807, 2.05) is 35.9 Å². The Labute approximate surface area is 121 Å². The van der Waals surface area contributed by atoms with Crippen molar-refractivity contribution in [2.24, 2.45) is 7.05 Å². The van der Waals surface area contributed by atoms with Crippen molar-refractivity contribution in [1.29, 1.82) is 5.26 Å². The fourth-order valence-corrected chi connectivity index (χ4v) is 2.92. The lowest BCUT2D eigenvalue weighted by Crippen LogP contribution is -1.94. The average molecular weight is 279 g/mol.